The second-order valence-electron chi connectivity index (χ2n) is 9.06. The van der Waals surface area contributed by atoms with Crippen LogP contribution in [-0.4, -0.2) is 66.1 Å². The van der Waals surface area contributed by atoms with Gasteiger partial charge in [0, 0.05) is 29.6 Å². The maximum Gasteiger partial charge on any atom is 0.255 e. The number of ether oxygens (including phenoxy) is 2. The minimum absolute atomic E-state index is 0.00730. The predicted octanol–water partition coefficient (Wildman–Crippen LogP) is 2.83. The first-order valence-electron chi connectivity index (χ1n) is 11.7. The molecule has 180 valence electrons. The molecule has 1 amide bonds. The van der Waals surface area contributed by atoms with Crippen molar-refractivity contribution in [3.63, 3.8) is 0 Å². The first-order valence-corrected chi connectivity index (χ1v) is 11.7. The monoisotopic (exact) mass is 483 g/mol. The van der Waals surface area contributed by atoms with Crippen molar-refractivity contribution in [1.29, 1.82) is 0 Å². The van der Waals surface area contributed by atoms with Crippen LogP contribution in [0.3, 0.4) is 0 Å². The molecule has 2 aliphatic heterocycles. The van der Waals surface area contributed by atoms with Crippen molar-refractivity contribution in [2.45, 2.75) is 32.1 Å². The summed E-state index contributed by atoms with van der Waals surface area (Å²) < 4.78 is 18.5. The summed E-state index contributed by atoms with van der Waals surface area (Å²) >= 11 is 0. The number of hydrogen-bond donors (Lipinski definition) is 0. The summed E-state index contributed by atoms with van der Waals surface area (Å²) in [6, 6.07) is 13.3. The van der Waals surface area contributed by atoms with Crippen LogP contribution in [-0.2, 0) is 11.3 Å². The number of morpholine rings is 1. The van der Waals surface area contributed by atoms with Gasteiger partial charge in [0.1, 0.15) is 12.4 Å². The topological polar surface area (TPSA) is 121 Å². The molecule has 11 nitrogen and oxygen atoms in total. The molecule has 11 heteroatoms. The summed E-state index contributed by atoms with van der Waals surface area (Å²) in [4.78, 5) is 19.2. The van der Waals surface area contributed by atoms with Crippen LogP contribution in [0.1, 0.15) is 28.2 Å². The molecule has 0 aliphatic carbocycles. The lowest BCUT2D eigenvalue weighted by molar-refractivity contribution is 0.0259. The Labute approximate surface area is 204 Å². The Hall–Kier alpha value is -4.38. The van der Waals surface area contributed by atoms with E-state index in [1.807, 2.05) is 36.1 Å². The maximum absolute atomic E-state index is 12.9. The summed E-state index contributed by atoms with van der Waals surface area (Å²) in [5, 5.41) is 19.0. The van der Waals surface area contributed by atoms with E-state index in [9.17, 15) is 4.79 Å². The Morgan fingerprint density at radius 1 is 1.17 bits per heavy atom. The number of aromatic nitrogens is 6. The van der Waals surface area contributed by atoms with E-state index in [4.69, 9.17) is 14.0 Å². The summed E-state index contributed by atoms with van der Waals surface area (Å²) in [5.74, 6) is 1.53. The van der Waals surface area contributed by atoms with E-state index in [-0.39, 0.29) is 24.7 Å². The van der Waals surface area contributed by atoms with Gasteiger partial charge in [0.15, 0.2) is 11.3 Å². The average molecular weight is 483 g/mol. The SMILES string of the molecule is Cc1cc(-c2nnc3c4ccccc4c(OCc4ccc(C(=O)N5C[C@H]6C[C@@H]5CO6)cn4)nn23)no1. The molecule has 0 unspecified atom stereocenters. The fourth-order valence-corrected chi connectivity index (χ4v) is 4.88. The standard InChI is InChI=1S/C25H21N7O4/c1-14-8-21(30-36-14)23-28-27-22-19-4-2-3-5-20(19)24(29-32(22)23)35-12-16-7-6-15(10-26-16)25(33)31-11-18-9-17(31)13-34-18/h2-8,10,17-18H,9,11-13H2,1H3/t17-,18-/m1/s1. The van der Waals surface area contributed by atoms with E-state index in [2.05, 4.69) is 25.4 Å². The van der Waals surface area contributed by atoms with E-state index >= 15 is 0 Å². The van der Waals surface area contributed by atoms with E-state index in [1.165, 1.54) is 0 Å². The van der Waals surface area contributed by atoms with Gasteiger partial charge < -0.3 is 18.9 Å². The molecule has 0 saturated carbocycles. The number of pyridine rings is 1. The molecule has 7 rings (SSSR count). The number of likely N-dealkylation sites (tertiary alicyclic amines) is 1. The van der Waals surface area contributed by atoms with Gasteiger partial charge in [0.05, 0.1) is 30.0 Å². The zero-order valence-corrected chi connectivity index (χ0v) is 19.4. The van der Waals surface area contributed by atoms with Gasteiger partial charge in [0.2, 0.25) is 11.7 Å². The summed E-state index contributed by atoms with van der Waals surface area (Å²) in [6.07, 6.45) is 2.69. The molecule has 2 atom stereocenters. The van der Waals surface area contributed by atoms with Crippen molar-refractivity contribution >= 4 is 22.3 Å². The van der Waals surface area contributed by atoms with Crippen LogP contribution in [0.4, 0.5) is 0 Å². The van der Waals surface area contributed by atoms with Crippen molar-refractivity contribution in [2.24, 2.45) is 0 Å². The van der Waals surface area contributed by atoms with Crippen LogP contribution in [0.5, 0.6) is 5.88 Å². The van der Waals surface area contributed by atoms with Crippen molar-refractivity contribution in [1.82, 2.24) is 34.9 Å². The van der Waals surface area contributed by atoms with E-state index in [0.717, 1.165) is 17.2 Å². The van der Waals surface area contributed by atoms with Gasteiger partial charge in [-0.2, -0.15) is 4.52 Å². The Morgan fingerprint density at radius 3 is 2.78 bits per heavy atom. The van der Waals surface area contributed by atoms with Crippen molar-refractivity contribution < 1.29 is 18.8 Å². The third-order valence-electron chi connectivity index (χ3n) is 6.68. The number of rotatable bonds is 5. The number of amides is 1. The van der Waals surface area contributed by atoms with Crippen LogP contribution in [0, 0.1) is 6.92 Å². The number of fused-ring (bicyclic) bond motifs is 5. The van der Waals surface area contributed by atoms with Gasteiger partial charge >= 0.3 is 0 Å². The second-order valence-corrected chi connectivity index (χ2v) is 9.06. The Kier molecular flexibility index (Phi) is 4.71. The number of aryl methyl sites for hydroxylation is 1. The highest BCUT2D eigenvalue weighted by Gasteiger charge is 2.41. The van der Waals surface area contributed by atoms with Crippen molar-refractivity contribution in [3.05, 3.63) is 65.7 Å². The van der Waals surface area contributed by atoms with Gasteiger partial charge in [0.25, 0.3) is 5.91 Å². The largest absolute Gasteiger partial charge is 0.470 e. The molecule has 2 saturated heterocycles. The number of carbonyl (C=O) groups excluding carboxylic acids is 1. The molecule has 2 aliphatic rings. The highest BCUT2D eigenvalue weighted by atomic mass is 16.5. The summed E-state index contributed by atoms with van der Waals surface area (Å²) in [7, 11) is 0. The fraction of sp³-hybridized carbons (Fsp3) is 0.280. The summed E-state index contributed by atoms with van der Waals surface area (Å²) in [6.45, 7) is 3.26. The van der Waals surface area contributed by atoms with Gasteiger partial charge in [-0.3, -0.25) is 9.78 Å². The minimum Gasteiger partial charge on any atom is -0.470 e. The summed E-state index contributed by atoms with van der Waals surface area (Å²) in [5.41, 5.74) is 2.37. The third kappa shape index (κ3) is 3.39. The van der Waals surface area contributed by atoms with E-state index < -0.39 is 0 Å². The van der Waals surface area contributed by atoms with E-state index in [1.54, 1.807) is 28.9 Å². The highest BCUT2D eigenvalue weighted by Crippen LogP contribution is 2.30. The first-order chi connectivity index (χ1) is 17.6. The van der Waals surface area contributed by atoms with Crippen LogP contribution in [0.25, 0.3) is 27.9 Å². The number of carbonyl (C=O) groups is 1. The molecular formula is C25H21N7O4. The molecule has 2 bridgehead atoms. The molecule has 2 fully saturated rings. The molecule has 0 spiro atoms. The molecule has 36 heavy (non-hydrogen) atoms. The lowest BCUT2D eigenvalue weighted by Gasteiger charge is -2.26. The maximum atomic E-state index is 12.9. The van der Waals surface area contributed by atoms with Crippen LogP contribution in [0.15, 0.2) is 53.2 Å². The lowest BCUT2D eigenvalue weighted by atomic mass is 10.2. The second kappa shape index (κ2) is 8.09. The Balaban J connectivity index is 1.16. The smallest absolute Gasteiger partial charge is 0.255 e. The number of benzene rings is 1. The fourth-order valence-electron chi connectivity index (χ4n) is 4.88. The van der Waals surface area contributed by atoms with Gasteiger partial charge in [-0.05, 0) is 31.5 Å². The van der Waals surface area contributed by atoms with Crippen molar-refractivity contribution in [2.75, 3.05) is 13.2 Å². The molecule has 0 N–H and O–H groups in total. The normalized spacial score (nSPS) is 19.0. The van der Waals surface area contributed by atoms with Gasteiger partial charge in [-0.1, -0.05) is 23.4 Å². The number of nitrogens with zero attached hydrogens (tertiary/aromatic N) is 7. The molecule has 6 heterocycles. The number of hydrogen-bond acceptors (Lipinski definition) is 9. The lowest BCUT2D eigenvalue weighted by Crippen LogP contribution is -2.41. The highest BCUT2D eigenvalue weighted by molar-refractivity contribution is 5.97. The van der Waals surface area contributed by atoms with Gasteiger partial charge in [-0.25, -0.2) is 0 Å². The van der Waals surface area contributed by atoms with Gasteiger partial charge in [-0.15, -0.1) is 15.3 Å². The Morgan fingerprint density at radius 2 is 2.06 bits per heavy atom. The average Bonchev–Trinajstić information content (AvgIpc) is 3.71. The van der Waals surface area contributed by atoms with Crippen molar-refractivity contribution in [3.8, 4) is 17.4 Å². The molecule has 1 aromatic carbocycles. The molecular weight excluding hydrogens is 462 g/mol. The molecule has 4 aromatic heterocycles. The first kappa shape index (κ1) is 20.9. The predicted molar refractivity (Wildman–Crippen MR) is 126 cm³/mol. The zero-order valence-electron chi connectivity index (χ0n) is 19.4. The Bertz CT molecular complexity index is 1610. The minimum atomic E-state index is -0.00730. The van der Waals surface area contributed by atoms with Crippen LogP contribution in [0.2, 0.25) is 0 Å². The van der Waals surface area contributed by atoms with E-state index in [0.29, 0.717) is 53.2 Å². The van der Waals surface area contributed by atoms with Crippen LogP contribution >= 0.6 is 0 Å². The zero-order chi connectivity index (χ0) is 24.2. The van der Waals surface area contributed by atoms with Crippen LogP contribution < -0.4 is 4.74 Å². The third-order valence-corrected chi connectivity index (χ3v) is 6.68. The molecule has 0 radical (unpaired) electrons. The quantitative estimate of drug-likeness (QED) is 0.371. The molecule has 5 aromatic rings.